The van der Waals surface area contributed by atoms with Crippen LogP contribution < -0.4 is 10.5 Å². The number of benzene rings is 2. The fourth-order valence-electron chi connectivity index (χ4n) is 3.09. The van der Waals surface area contributed by atoms with E-state index in [-0.39, 0.29) is 16.4 Å². The molecule has 2 aromatic rings. The van der Waals surface area contributed by atoms with Crippen LogP contribution in [0.5, 0.6) is 0 Å². The molecule has 1 heterocycles. The molecule has 8 heteroatoms. The lowest BCUT2D eigenvalue weighted by Crippen LogP contribution is -2.24. The summed E-state index contributed by atoms with van der Waals surface area (Å²) in [7, 11) is -3.86. The van der Waals surface area contributed by atoms with Crippen molar-refractivity contribution in [2.75, 3.05) is 13.1 Å². The number of amides is 1. The van der Waals surface area contributed by atoms with Crippen molar-refractivity contribution < 1.29 is 13.2 Å². The summed E-state index contributed by atoms with van der Waals surface area (Å²) < 4.78 is 23.5. The monoisotopic (exact) mass is 451 g/mol. The number of carbonyl (C=O) groups is 1. The maximum absolute atomic E-state index is 12.4. The zero-order valence-electron chi connectivity index (χ0n) is 14.8. The second-order valence-corrected chi connectivity index (χ2v) is 9.08. The topological polar surface area (TPSA) is 92.5 Å². The Morgan fingerprint density at radius 3 is 2.33 bits per heavy atom. The van der Waals surface area contributed by atoms with Gasteiger partial charge in [-0.1, -0.05) is 24.3 Å². The van der Waals surface area contributed by atoms with Crippen molar-refractivity contribution in [1.82, 2.24) is 10.2 Å². The first-order valence-electron chi connectivity index (χ1n) is 8.74. The molecule has 27 heavy (non-hydrogen) atoms. The highest BCUT2D eigenvalue weighted by atomic mass is 79.9. The van der Waals surface area contributed by atoms with E-state index in [0.717, 1.165) is 25.2 Å². The third-order valence-corrected chi connectivity index (χ3v) is 6.19. The second-order valence-electron chi connectivity index (χ2n) is 6.67. The summed E-state index contributed by atoms with van der Waals surface area (Å²) in [6.45, 7) is 3.63. The highest BCUT2D eigenvalue weighted by Crippen LogP contribution is 2.20. The lowest BCUT2D eigenvalue weighted by molar-refractivity contribution is 0.0950. The predicted octanol–water partition coefficient (Wildman–Crippen LogP) is 2.62. The molecule has 1 saturated heterocycles. The molecule has 3 rings (SSSR count). The van der Waals surface area contributed by atoms with E-state index in [0.29, 0.717) is 11.0 Å². The Balaban J connectivity index is 1.62. The molecule has 1 amide bonds. The quantitative estimate of drug-likeness (QED) is 0.705. The number of rotatable bonds is 6. The van der Waals surface area contributed by atoms with Crippen LogP contribution in [0, 0.1) is 0 Å². The third-order valence-electron chi connectivity index (χ3n) is 4.59. The molecule has 0 unspecified atom stereocenters. The predicted molar refractivity (Wildman–Crippen MR) is 108 cm³/mol. The molecule has 0 aliphatic carbocycles. The number of primary sulfonamides is 1. The summed E-state index contributed by atoms with van der Waals surface area (Å²) in [6, 6.07) is 12.3. The average molecular weight is 452 g/mol. The van der Waals surface area contributed by atoms with Gasteiger partial charge in [0.15, 0.2) is 0 Å². The number of halogens is 1. The molecule has 0 saturated carbocycles. The van der Waals surface area contributed by atoms with E-state index in [2.05, 4.69) is 38.3 Å². The maximum Gasteiger partial charge on any atom is 0.252 e. The minimum atomic E-state index is -3.86. The van der Waals surface area contributed by atoms with Crippen LogP contribution >= 0.6 is 15.9 Å². The molecule has 0 spiro atoms. The van der Waals surface area contributed by atoms with Gasteiger partial charge in [-0.2, -0.15) is 0 Å². The van der Waals surface area contributed by atoms with Crippen LogP contribution in [0.1, 0.15) is 34.3 Å². The summed E-state index contributed by atoms with van der Waals surface area (Å²) in [6.07, 6.45) is 2.54. The van der Waals surface area contributed by atoms with Gasteiger partial charge in [0.05, 0.1) is 10.5 Å². The van der Waals surface area contributed by atoms with Gasteiger partial charge in [-0.15, -0.1) is 0 Å². The van der Waals surface area contributed by atoms with E-state index >= 15 is 0 Å². The Morgan fingerprint density at radius 2 is 1.70 bits per heavy atom. The van der Waals surface area contributed by atoms with E-state index in [1.165, 1.54) is 36.6 Å². The molecule has 0 bridgehead atoms. The van der Waals surface area contributed by atoms with E-state index < -0.39 is 10.0 Å². The molecule has 0 aromatic heterocycles. The van der Waals surface area contributed by atoms with Crippen LogP contribution in [-0.2, 0) is 23.1 Å². The molecule has 0 atom stereocenters. The molecule has 2 aromatic carbocycles. The van der Waals surface area contributed by atoms with Gasteiger partial charge in [0.1, 0.15) is 0 Å². The normalized spacial score (nSPS) is 15.0. The summed E-state index contributed by atoms with van der Waals surface area (Å²) in [5.41, 5.74) is 2.47. The number of nitrogens with zero attached hydrogens (tertiary/aromatic N) is 1. The van der Waals surface area contributed by atoms with Crippen LogP contribution in [0.15, 0.2) is 51.8 Å². The van der Waals surface area contributed by atoms with Gasteiger partial charge in [-0.3, -0.25) is 9.69 Å². The van der Waals surface area contributed by atoms with Crippen molar-refractivity contribution >= 4 is 31.9 Å². The summed E-state index contributed by atoms with van der Waals surface area (Å²) in [5, 5.41) is 7.95. The fourth-order valence-corrected chi connectivity index (χ4v) is 4.06. The first kappa shape index (κ1) is 20.0. The average Bonchev–Trinajstić information content (AvgIpc) is 3.13. The number of hydrogen-bond acceptors (Lipinski definition) is 4. The van der Waals surface area contributed by atoms with Gasteiger partial charge in [0, 0.05) is 17.6 Å². The molecule has 6 nitrogen and oxygen atoms in total. The lowest BCUT2D eigenvalue weighted by Gasteiger charge is -2.14. The SMILES string of the molecule is NS(=O)(=O)c1ccc(Br)c(C(=O)NCc2ccc(CN3CCCC3)cc2)c1. The largest absolute Gasteiger partial charge is 0.348 e. The van der Waals surface area contributed by atoms with Crippen molar-refractivity contribution in [3.63, 3.8) is 0 Å². The Bertz CT molecular complexity index is 924. The van der Waals surface area contributed by atoms with Gasteiger partial charge in [-0.25, -0.2) is 13.6 Å². The number of likely N-dealkylation sites (tertiary alicyclic amines) is 1. The smallest absolute Gasteiger partial charge is 0.252 e. The first-order valence-corrected chi connectivity index (χ1v) is 11.1. The van der Waals surface area contributed by atoms with E-state index in [9.17, 15) is 13.2 Å². The number of nitrogens with two attached hydrogens (primary N) is 1. The zero-order valence-corrected chi connectivity index (χ0v) is 17.2. The Labute approximate surface area is 167 Å². The number of carbonyl (C=O) groups excluding carboxylic acids is 1. The maximum atomic E-state index is 12.4. The summed E-state index contributed by atoms with van der Waals surface area (Å²) >= 11 is 3.27. The van der Waals surface area contributed by atoms with Crippen molar-refractivity contribution in [2.45, 2.75) is 30.8 Å². The summed E-state index contributed by atoms with van der Waals surface area (Å²) in [5.74, 6) is -0.367. The second kappa shape index (κ2) is 8.52. The molecule has 0 radical (unpaired) electrons. The van der Waals surface area contributed by atoms with Crippen LogP contribution in [0.3, 0.4) is 0 Å². The Hall–Kier alpha value is -1.74. The first-order chi connectivity index (χ1) is 12.8. The van der Waals surface area contributed by atoms with Gasteiger partial charge in [-0.05, 0) is 71.2 Å². The lowest BCUT2D eigenvalue weighted by atomic mass is 10.1. The molecule has 144 valence electrons. The Morgan fingerprint density at radius 1 is 1.07 bits per heavy atom. The van der Waals surface area contributed by atoms with Crippen molar-refractivity contribution in [3.05, 3.63) is 63.6 Å². The van der Waals surface area contributed by atoms with Crippen molar-refractivity contribution in [1.29, 1.82) is 0 Å². The zero-order chi connectivity index (χ0) is 19.4. The molecule has 1 aliphatic rings. The number of sulfonamides is 1. The van der Waals surface area contributed by atoms with E-state index in [1.54, 1.807) is 0 Å². The van der Waals surface area contributed by atoms with Gasteiger partial charge in [0.25, 0.3) is 5.91 Å². The molecule has 1 fully saturated rings. The molecular weight excluding hydrogens is 430 g/mol. The fraction of sp³-hybridized carbons (Fsp3) is 0.316. The van der Waals surface area contributed by atoms with Crippen LogP contribution in [0.25, 0.3) is 0 Å². The summed E-state index contributed by atoms with van der Waals surface area (Å²) in [4.78, 5) is 14.8. The minimum absolute atomic E-state index is 0.0953. The molecular formula is C19H22BrN3O3S. The van der Waals surface area contributed by atoms with Crippen LogP contribution in [0.4, 0.5) is 0 Å². The van der Waals surface area contributed by atoms with Crippen LogP contribution in [-0.4, -0.2) is 32.3 Å². The molecule has 1 aliphatic heterocycles. The van der Waals surface area contributed by atoms with E-state index in [1.807, 2.05) is 12.1 Å². The minimum Gasteiger partial charge on any atom is -0.348 e. The third kappa shape index (κ3) is 5.38. The number of hydrogen-bond donors (Lipinski definition) is 2. The van der Waals surface area contributed by atoms with Gasteiger partial charge in [0.2, 0.25) is 10.0 Å². The highest BCUT2D eigenvalue weighted by molar-refractivity contribution is 9.10. The van der Waals surface area contributed by atoms with Crippen molar-refractivity contribution in [2.24, 2.45) is 5.14 Å². The standard InChI is InChI=1S/C19H22BrN3O3S/c20-18-8-7-16(27(21,25)26)11-17(18)19(24)22-12-14-3-5-15(6-4-14)13-23-9-1-2-10-23/h3-8,11H,1-2,9-10,12-13H2,(H,22,24)(H2,21,25,26). The molecule has 3 N–H and O–H groups in total. The van der Waals surface area contributed by atoms with Crippen LogP contribution in [0.2, 0.25) is 0 Å². The highest BCUT2D eigenvalue weighted by Gasteiger charge is 2.16. The van der Waals surface area contributed by atoms with Gasteiger partial charge < -0.3 is 5.32 Å². The Kier molecular flexibility index (Phi) is 6.31. The number of nitrogens with one attached hydrogen (secondary N) is 1. The van der Waals surface area contributed by atoms with Crippen molar-refractivity contribution in [3.8, 4) is 0 Å². The van der Waals surface area contributed by atoms with E-state index in [4.69, 9.17) is 5.14 Å². The van der Waals surface area contributed by atoms with Gasteiger partial charge >= 0.3 is 0 Å².